The number of pyridine rings is 1. The number of hydrogen-bond acceptors (Lipinski definition) is 1. The molecular formula is C12H19NSi. The Morgan fingerprint density at radius 3 is 2.79 bits per heavy atom. The minimum Gasteiger partial charge on any atom is -0.266 e. The van der Waals surface area contributed by atoms with Crippen LogP contribution in [0, 0.1) is 0 Å². The fourth-order valence-electron chi connectivity index (χ4n) is 1.58. The van der Waals surface area contributed by atoms with E-state index in [-0.39, 0.29) is 0 Å². The van der Waals surface area contributed by atoms with Gasteiger partial charge in [0, 0.05) is 11.5 Å². The predicted molar refractivity (Wildman–Crippen MR) is 65.6 cm³/mol. The van der Waals surface area contributed by atoms with Crippen LogP contribution in [0.1, 0.15) is 12.8 Å². The maximum atomic E-state index is 4.47. The lowest BCUT2D eigenvalue weighted by molar-refractivity contribution is 0.938. The maximum Gasteiger partial charge on any atom is 0.104 e. The maximum absolute atomic E-state index is 4.47. The molecule has 0 aromatic carbocycles. The molecule has 1 heterocycles. The molecule has 0 radical (unpaired) electrons. The summed E-state index contributed by atoms with van der Waals surface area (Å²) in [6.07, 6.45) is 6.28. The molecule has 76 valence electrons. The van der Waals surface area contributed by atoms with Crippen LogP contribution >= 0.6 is 0 Å². The smallest absolute Gasteiger partial charge is 0.104 e. The third-order valence-corrected chi connectivity index (χ3v) is 5.85. The van der Waals surface area contributed by atoms with E-state index in [0.717, 1.165) is 6.42 Å². The highest BCUT2D eigenvalue weighted by atomic mass is 28.3. The highest BCUT2D eigenvalue weighted by molar-refractivity contribution is 6.89. The molecule has 0 unspecified atom stereocenters. The van der Waals surface area contributed by atoms with Crippen molar-refractivity contribution in [2.75, 3.05) is 0 Å². The summed E-state index contributed by atoms with van der Waals surface area (Å²) in [5.41, 5.74) is 0. The first-order valence-electron chi connectivity index (χ1n) is 5.19. The highest BCUT2D eigenvalue weighted by Gasteiger charge is 2.23. The monoisotopic (exact) mass is 205 g/mol. The molecule has 1 aromatic heterocycles. The largest absolute Gasteiger partial charge is 0.266 e. The zero-order valence-corrected chi connectivity index (χ0v) is 10.2. The third kappa shape index (κ3) is 3.11. The van der Waals surface area contributed by atoms with Crippen molar-refractivity contribution in [2.45, 2.75) is 32.0 Å². The Kier molecular flexibility index (Phi) is 4.08. The number of rotatable bonds is 5. The fraction of sp³-hybridized carbons (Fsp3) is 0.417. The van der Waals surface area contributed by atoms with E-state index >= 15 is 0 Å². The summed E-state index contributed by atoms with van der Waals surface area (Å²) < 4.78 is 0. The topological polar surface area (TPSA) is 12.9 Å². The first kappa shape index (κ1) is 11.2. The van der Waals surface area contributed by atoms with E-state index in [2.05, 4.69) is 36.8 Å². The average Bonchev–Trinajstić information content (AvgIpc) is 2.19. The van der Waals surface area contributed by atoms with E-state index in [1.54, 1.807) is 0 Å². The quantitative estimate of drug-likeness (QED) is 0.409. The first-order chi connectivity index (χ1) is 6.67. The lowest BCUT2D eigenvalue weighted by Crippen LogP contribution is -2.42. The van der Waals surface area contributed by atoms with Crippen LogP contribution in [0.3, 0.4) is 0 Å². The van der Waals surface area contributed by atoms with Crippen LogP contribution in [0.5, 0.6) is 0 Å². The van der Waals surface area contributed by atoms with Crippen LogP contribution in [0.4, 0.5) is 0 Å². The van der Waals surface area contributed by atoms with E-state index in [1.165, 1.54) is 17.8 Å². The van der Waals surface area contributed by atoms with Gasteiger partial charge in [0.25, 0.3) is 0 Å². The minimum atomic E-state index is -1.28. The van der Waals surface area contributed by atoms with Gasteiger partial charge in [-0.3, -0.25) is 4.98 Å². The molecule has 0 fully saturated rings. The summed E-state index contributed by atoms with van der Waals surface area (Å²) in [4.78, 5) is 4.47. The third-order valence-electron chi connectivity index (χ3n) is 2.57. The summed E-state index contributed by atoms with van der Waals surface area (Å²) in [7, 11) is -1.28. The summed E-state index contributed by atoms with van der Waals surface area (Å²) in [6, 6.07) is 7.54. The molecule has 0 spiro atoms. The van der Waals surface area contributed by atoms with Gasteiger partial charge in [-0.05, 0) is 18.6 Å². The molecule has 0 aliphatic heterocycles. The zero-order chi connectivity index (χ0) is 10.4. The Morgan fingerprint density at radius 2 is 2.21 bits per heavy atom. The molecule has 0 saturated heterocycles. The standard InChI is InChI=1S/C12H19NSi/c1-4-5-8-11-14(2,3)12-9-6-7-10-13-12/h4,6-7,9-10H,1,5,8,11H2,2-3H3. The van der Waals surface area contributed by atoms with E-state index in [4.69, 9.17) is 0 Å². The molecule has 0 aliphatic carbocycles. The number of hydrogen-bond donors (Lipinski definition) is 0. The number of aromatic nitrogens is 1. The van der Waals surface area contributed by atoms with E-state index in [0.29, 0.717) is 0 Å². The van der Waals surface area contributed by atoms with Crippen molar-refractivity contribution in [3.8, 4) is 0 Å². The number of allylic oxidation sites excluding steroid dienone is 1. The second kappa shape index (κ2) is 5.10. The van der Waals surface area contributed by atoms with Crippen molar-refractivity contribution < 1.29 is 0 Å². The lowest BCUT2D eigenvalue weighted by atomic mass is 10.3. The predicted octanol–water partition coefficient (Wildman–Crippen LogP) is 2.96. The van der Waals surface area contributed by atoms with Crippen LogP contribution in [0.15, 0.2) is 37.1 Å². The van der Waals surface area contributed by atoms with Gasteiger partial charge < -0.3 is 0 Å². The van der Waals surface area contributed by atoms with Crippen LogP contribution < -0.4 is 5.32 Å². The Bertz CT molecular complexity index is 280. The van der Waals surface area contributed by atoms with Gasteiger partial charge >= 0.3 is 0 Å². The van der Waals surface area contributed by atoms with Gasteiger partial charge in [0.1, 0.15) is 8.07 Å². The summed E-state index contributed by atoms with van der Waals surface area (Å²) in [5.74, 6) is 0. The van der Waals surface area contributed by atoms with Crippen LogP contribution in [0.25, 0.3) is 0 Å². The van der Waals surface area contributed by atoms with Gasteiger partial charge in [-0.25, -0.2) is 0 Å². The van der Waals surface area contributed by atoms with E-state index in [1.807, 2.05) is 18.3 Å². The molecule has 0 atom stereocenters. The molecule has 0 N–H and O–H groups in total. The van der Waals surface area contributed by atoms with Crippen LogP contribution in [0.2, 0.25) is 19.1 Å². The molecular weight excluding hydrogens is 186 g/mol. The summed E-state index contributed by atoms with van der Waals surface area (Å²) >= 11 is 0. The SMILES string of the molecule is C=CCCC[Si](C)(C)c1ccccn1. The Labute approximate surface area is 87.9 Å². The van der Waals surface area contributed by atoms with Crippen molar-refractivity contribution in [2.24, 2.45) is 0 Å². The van der Waals surface area contributed by atoms with Gasteiger partial charge in [0.2, 0.25) is 0 Å². The lowest BCUT2D eigenvalue weighted by Gasteiger charge is -2.20. The van der Waals surface area contributed by atoms with Crippen molar-refractivity contribution in [3.63, 3.8) is 0 Å². The van der Waals surface area contributed by atoms with Gasteiger partial charge in [-0.1, -0.05) is 37.7 Å². The highest BCUT2D eigenvalue weighted by Crippen LogP contribution is 2.12. The first-order valence-corrected chi connectivity index (χ1v) is 8.40. The summed E-state index contributed by atoms with van der Waals surface area (Å²) in [5, 5.41) is 1.32. The second-order valence-electron chi connectivity index (χ2n) is 4.28. The Balaban J connectivity index is 2.61. The molecule has 0 saturated carbocycles. The molecule has 1 aromatic rings. The van der Waals surface area contributed by atoms with Gasteiger partial charge in [-0.15, -0.1) is 6.58 Å². The van der Waals surface area contributed by atoms with Crippen molar-refractivity contribution in [3.05, 3.63) is 37.1 Å². The average molecular weight is 205 g/mol. The number of unbranched alkanes of at least 4 members (excludes halogenated alkanes) is 1. The molecule has 14 heavy (non-hydrogen) atoms. The molecule has 1 rings (SSSR count). The van der Waals surface area contributed by atoms with Gasteiger partial charge in [-0.2, -0.15) is 0 Å². The van der Waals surface area contributed by atoms with Crippen molar-refractivity contribution in [1.29, 1.82) is 0 Å². The molecule has 1 nitrogen and oxygen atoms in total. The number of nitrogens with zero attached hydrogens (tertiary/aromatic N) is 1. The van der Waals surface area contributed by atoms with E-state index < -0.39 is 8.07 Å². The van der Waals surface area contributed by atoms with Crippen molar-refractivity contribution in [1.82, 2.24) is 4.98 Å². The Morgan fingerprint density at radius 1 is 1.43 bits per heavy atom. The van der Waals surface area contributed by atoms with E-state index in [9.17, 15) is 0 Å². The minimum absolute atomic E-state index is 1.13. The molecule has 0 aliphatic rings. The molecule has 0 amide bonds. The molecule has 2 heteroatoms. The zero-order valence-electron chi connectivity index (χ0n) is 9.16. The molecule has 0 bridgehead atoms. The van der Waals surface area contributed by atoms with Crippen LogP contribution in [-0.4, -0.2) is 13.1 Å². The fourth-order valence-corrected chi connectivity index (χ4v) is 3.90. The van der Waals surface area contributed by atoms with Gasteiger partial charge in [0.15, 0.2) is 0 Å². The Hall–Kier alpha value is -0.893. The normalized spacial score (nSPS) is 11.3. The van der Waals surface area contributed by atoms with Gasteiger partial charge in [0.05, 0.1) is 0 Å². The summed E-state index contributed by atoms with van der Waals surface area (Å²) in [6.45, 7) is 8.53. The van der Waals surface area contributed by atoms with Crippen molar-refractivity contribution >= 4 is 13.4 Å². The second-order valence-corrected chi connectivity index (χ2v) is 9.06. The van der Waals surface area contributed by atoms with Crippen LogP contribution in [-0.2, 0) is 0 Å².